The number of benzene rings is 2. The Kier molecular flexibility index (Phi) is 3.93. The number of aryl methyl sites for hydroxylation is 1. The molecule has 0 aliphatic rings. The molecule has 0 amide bonds. The van der Waals surface area contributed by atoms with Crippen molar-refractivity contribution in [2.24, 2.45) is 0 Å². The fourth-order valence-corrected chi connectivity index (χ4v) is 1.79. The lowest BCUT2D eigenvalue weighted by atomic mass is 10.2. The molecule has 0 N–H and O–H groups in total. The maximum absolute atomic E-state index is 6.05. The Hall–Kier alpha value is -1.18. The molecule has 0 aliphatic heterocycles. The van der Waals surface area contributed by atoms with Gasteiger partial charge in [-0.25, -0.2) is 0 Å². The van der Waals surface area contributed by atoms with Gasteiger partial charge in [-0.1, -0.05) is 41.4 Å². The summed E-state index contributed by atoms with van der Waals surface area (Å²) in [4.78, 5) is 0. The normalized spacial score (nSPS) is 10.3. The average Bonchev–Trinajstić information content (AvgIpc) is 2.32. The lowest BCUT2D eigenvalue weighted by Crippen LogP contribution is -1.96. The molecule has 0 spiro atoms. The molecule has 0 radical (unpaired) electrons. The van der Waals surface area contributed by atoms with E-state index in [-0.39, 0.29) is 0 Å². The van der Waals surface area contributed by atoms with Crippen LogP contribution in [0.5, 0.6) is 5.75 Å². The first-order chi connectivity index (χ1) is 8.16. The topological polar surface area (TPSA) is 9.23 Å². The number of rotatable bonds is 3. The predicted molar refractivity (Wildman–Crippen MR) is 72.0 cm³/mol. The summed E-state index contributed by atoms with van der Waals surface area (Å²) in [6.45, 7) is 2.41. The van der Waals surface area contributed by atoms with Gasteiger partial charge in [0.25, 0.3) is 0 Å². The monoisotopic (exact) mass is 266 g/mol. The largest absolute Gasteiger partial charge is 0.489 e. The maximum atomic E-state index is 6.05. The maximum Gasteiger partial charge on any atom is 0.120 e. The average molecular weight is 267 g/mol. The highest BCUT2D eigenvalue weighted by Gasteiger charge is 2.02. The van der Waals surface area contributed by atoms with Crippen molar-refractivity contribution in [1.29, 1.82) is 0 Å². The second-order valence-corrected chi connectivity index (χ2v) is 4.61. The summed E-state index contributed by atoms with van der Waals surface area (Å²) in [6.07, 6.45) is 0. The van der Waals surface area contributed by atoms with Gasteiger partial charge >= 0.3 is 0 Å². The number of halogens is 2. The Labute approximate surface area is 111 Å². The predicted octanol–water partition coefficient (Wildman–Crippen LogP) is 4.88. The lowest BCUT2D eigenvalue weighted by Gasteiger charge is -2.08. The number of hydrogen-bond donors (Lipinski definition) is 0. The van der Waals surface area contributed by atoms with Crippen molar-refractivity contribution in [3.8, 4) is 5.75 Å². The van der Waals surface area contributed by atoms with E-state index in [1.54, 1.807) is 0 Å². The van der Waals surface area contributed by atoms with Crippen LogP contribution in [-0.2, 0) is 6.61 Å². The van der Waals surface area contributed by atoms with Gasteiger partial charge in [0.1, 0.15) is 12.4 Å². The minimum absolute atomic E-state index is 0.459. The van der Waals surface area contributed by atoms with Crippen LogP contribution in [0.25, 0.3) is 0 Å². The van der Waals surface area contributed by atoms with Crippen LogP contribution in [0.4, 0.5) is 0 Å². The molecule has 0 aliphatic carbocycles. The second kappa shape index (κ2) is 5.44. The van der Waals surface area contributed by atoms with E-state index >= 15 is 0 Å². The summed E-state index contributed by atoms with van der Waals surface area (Å²) in [5, 5.41) is 1.47. The first kappa shape index (κ1) is 12.3. The fourth-order valence-electron chi connectivity index (χ4n) is 1.48. The molecule has 88 valence electrons. The standard InChI is InChI=1S/C14H12Cl2O/c1-10-8-12(6-7-13(10)15)17-9-11-4-2-3-5-14(11)16/h2-8H,9H2,1H3. The van der Waals surface area contributed by atoms with Crippen molar-refractivity contribution < 1.29 is 4.74 Å². The Bertz CT molecular complexity index is 523. The van der Waals surface area contributed by atoms with Crippen LogP contribution >= 0.6 is 23.2 Å². The molecule has 0 aromatic heterocycles. The van der Waals surface area contributed by atoms with E-state index in [0.717, 1.165) is 26.9 Å². The van der Waals surface area contributed by atoms with E-state index in [1.165, 1.54) is 0 Å². The quantitative estimate of drug-likeness (QED) is 0.770. The molecule has 0 bridgehead atoms. The van der Waals surface area contributed by atoms with Crippen molar-refractivity contribution in [2.75, 3.05) is 0 Å². The summed E-state index contributed by atoms with van der Waals surface area (Å²) >= 11 is 12.0. The van der Waals surface area contributed by atoms with Gasteiger partial charge in [0, 0.05) is 15.6 Å². The zero-order chi connectivity index (χ0) is 12.3. The molecule has 0 atom stereocenters. The Morgan fingerprint density at radius 2 is 1.76 bits per heavy atom. The number of hydrogen-bond acceptors (Lipinski definition) is 1. The first-order valence-corrected chi connectivity index (χ1v) is 6.05. The van der Waals surface area contributed by atoms with E-state index in [2.05, 4.69) is 0 Å². The summed E-state index contributed by atoms with van der Waals surface area (Å²) < 4.78 is 5.67. The van der Waals surface area contributed by atoms with Gasteiger partial charge in [0.05, 0.1) is 0 Å². The van der Waals surface area contributed by atoms with Gasteiger partial charge < -0.3 is 4.74 Å². The summed E-state index contributed by atoms with van der Waals surface area (Å²) in [5.41, 5.74) is 1.98. The van der Waals surface area contributed by atoms with Gasteiger partial charge in [-0.3, -0.25) is 0 Å². The van der Waals surface area contributed by atoms with E-state index in [0.29, 0.717) is 6.61 Å². The van der Waals surface area contributed by atoms with Crippen LogP contribution in [0.2, 0.25) is 10.0 Å². The van der Waals surface area contributed by atoms with Gasteiger partial charge in [0.15, 0.2) is 0 Å². The Morgan fingerprint density at radius 1 is 1.00 bits per heavy atom. The Balaban J connectivity index is 2.08. The molecule has 2 rings (SSSR count). The highest BCUT2D eigenvalue weighted by atomic mass is 35.5. The van der Waals surface area contributed by atoms with Crippen molar-refractivity contribution >= 4 is 23.2 Å². The highest BCUT2D eigenvalue weighted by molar-refractivity contribution is 6.31. The van der Waals surface area contributed by atoms with Crippen LogP contribution in [-0.4, -0.2) is 0 Å². The van der Waals surface area contributed by atoms with Crippen LogP contribution in [0.15, 0.2) is 42.5 Å². The van der Waals surface area contributed by atoms with Crippen molar-refractivity contribution in [3.05, 3.63) is 63.6 Å². The minimum Gasteiger partial charge on any atom is -0.489 e. The van der Waals surface area contributed by atoms with Crippen molar-refractivity contribution in [3.63, 3.8) is 0 Å². The van der Waals surface area contributed by atoms with Crippen molar-refractivity contribution in [2.45, 2.75) is 13.5 Å². The van der Waals surface area contributed by atoms with Crippen LogP contribution in [0, 0.1) is 6.92 Å². The molecule has 17 heavy (non-hydrogen) atoms. The molecule has 0 heterocycles. The van der Waals surface area contributed by atoms with E-state index in [4.69, 9.17) is 27.9 Å². The summed E-state index contributed by atoms with van der Waals surface area (Å²) in [5.74, 6) is 0.798. The number of ether oxygens (including phenoxy) is 1. The third-order valence-corrected chi connectivity index (χ3v) is 3.27. The molecular formula is C14H12Cl2O. The summed E-state index contributed by atoms with van der Waals surface area (Å²) in [6, 6.07) is 13.2. The molecule has 1 nitrogen and oxygen atoms in total. The molecule has 0 saturated heterocycles. The smallest absolute Gasteiger partial charge is 0.120 e. The van der Waals surface area contributed by atoms with Crippen LogP contribution in [0.3, 0.4) is 0 Å². The Morgan fingerprint density at radius 3 is 2.47 bits per heavy atom. The van der Waals surface area contributed by atoms with Crippen LogP contribution in [0.1, 0.15) is 11.1 Å². The first-order valence-electron chi connectivity index (χ1n) is 5.29. The van der Waals surface area contributed by atoms with Gasteiger partial charge in [-0.15, -0.1) is 0 Å². The fraction of sp³-hybridized carbons (Fsp3) is 0.143. The molecule has 0 saturated carbocycles. The van der Waals surface area contributed by atoms with Crippen molar-refractivity contribution in [1.82, 2.24) is 0 Å². The molecule has 3 heteroatoms. The second-order valence-electron chi connectivity index (χ2n) is 3.79. The molecule has 0 fully saturated rings. The third-order valence-electron chi connectivity index (χ3n) is 2.48. The van der Waals surface area contributed by atoms with E-state index in [1.807, 2.05) is 49.4 Å². The summed E-state index contributed by atoms with van der Waals surface area (Å²) in [7, 11) is 0. The molecule has 2 aromatic carbocycles. The zero-order valence-corrected chi connectivity index (χ0v) is 10.9. The highest BCUT2D eigenvalue weighted by Crippen LogP contribution is 2.23. The van der Waals surface area contributed by atoms with E-state index in [9.17, 15) is 0 Å². The van der Waals surface area contributed by atoms with Gasteiger partial charge in [-0.05, 0) is 36.8 Å². The molecule has 2 aromatic rings. The van der Waals surface area contributed by atoms with Gasteiger partial charge in [0.2, 0.25) is 0 Å². The lowest BCUT2D eigenvalue weighted by molar-refractivity contribution is 0.306. The van der Waals surface area contributed by atoms with Crippen LogP contribution < -0.4 is 4.74 Å². The van der Waals surface area contributed by atoms with E-state index < -0.39 is 0 Å². The SMILES string of the molecule is Cc1cc(OCc2ccccc2Cl)ccc1Cl. The zero-order valence-electron chi connectivity index (χ0n) is 9.41. The minimum atomic E-state index is 0.459. The molecule has 0 unspecified atom stereocenters. The van der Waals surface area contributed by atoms with Gasteiger partial charge in [-0.2, -0.15) is 0 Å². The third kappa shape index (κ3) is 3.15. The molecular weight excluding hydrogens is 255 g/mol.